The van der Waals surface area contributed by atoms with Crippen molar-refractivity contribution in [3.8, 4) is 0 Å². The molecule has 0 unspecified atom stereocenters. The van der Waals surface area contributed by atoms with Gasteiger partial charge in [0.05, 0.1) is 21.0 Å². The number of rotatable bonds is 5. The molecule has 2 aromatic rings. The van der Waals surface area contributed by atoms with Crippen molar-refractivity contribution in [2.24, 2.45) is 0 Å². The van der Waals surface area contributed by atoms with E-state index in [2.05, 4.69) is 5.32 Å². The summed E-state index contributed by atoms with van der Waals surface area (Å²) in [7, 11) is -3.78. The number of halogens is 4. The van der Waals surface area contributed by atoms with Crippen molar-refractivity contribution in [1.82, 2.24) is 9.62 Å². The number of carbonyl (C=O) groups is 1. The van der Waals surface area contributed by atoms with Crippen LogP contribution in [0.5, 0.6) is 0 Å². The van der Waals surface area contributed by atoms with Crippen LogP contribution in [0, 0.1) is 0 Å². The molecule has 168 valence electrons. The average Bonchev–Trinajstić information content (AvgIpc) is 3.02. The number of nitrogens with zero attached hydrogens (tertiary/aromatic N) is 1. The molecule has 1 fully saturated rings. The molecule has 1 amide bonds. The van der Waals surface area contributed by atoms with Gasteiger partial charge in [0.2, 0.25) is 10.0 Å². The number of hydrogen-bond donors (Lipinski definition) is 1. The lowest BCUT2D eigenvalue weighted by Crippen LogP contribution is -2.32. The summed E-state index contributed by atoms with van der Waals surface area (Å²) in [6, 6.07) is 8.51. The van der Waals surface area contributed by atoms with Gasteiger partial charge < -0.3 is 5.32 Å². The lowest BCUT2D eigenvalue weighted by molar-refractivity contribution is -0.137. The molecule has 2 aromatic carbocycles. The molecule has 0 spiro atoms. The topological polar surface area (TPSA) is 66.5 Å². The van der Waals surface area contributed by atoms with E-state index >= 15 is 0 Å². The largest absolute Gasteiger partial charge is 0.416 e. The van der Waals surface area contributed by atoms with Crippen LogP contribution in [0.1, 0.15) is 47.2 Å². The van der Waals surface area contributed by atoms with Crippen molar-refractivity contribution < 1.29 is 26.4 Å². The number of nitrogens with one attached hydrogen (secondary N) is 1. The first-order valence-electron chi connectivity index (χ1n) is 9.83. The zero-order chi connectivity index (χ0) is 22.6. The SMILES string of the molecule is O=C(NCc1cccc(C(F)(F)F)c1)c1cc(S(=O)(=O)N2CCCCCC2)ccc1Cl. The van der Waals surface area contributed by atoms with Gasteiger partial charge >= 0.3 is 6.18 Å². The minimum Gasteiger partial charge on any atom is -0.348 e. The maximum absolute atomic E-state index is 13.0. The smallest absolute Gasteiger partial charge is 0.348 e. The van der Waals surface area contributed by atoms with Gasteiger partial charge in [-0.1, -0.05) is 36.6 Å². The second-order valence-electron chi connectivity index (χ2n) is 7.34. The van der Waals surface area contributed by atoms with E-state index in [0.717, 1.165) is 37.8 Å². The lowest BCUT2D eigenvalue weighted by Gasteiger charge is -2.20. The first-order valence-corrected chi connectivity index (χ1v) is 11.6. The molecule has 0 radical (unpaired) electrons. The van der Waals surface area contributed by atoms with Gasteiger partial charge in [-0.25, -0.2) is 8.42 Å². The summed E-state index contributed by atoms with van der Waals surface area (Å²) in [5.74, 6) is -0.671. The van der Waals surface area contributed by atoms with E-state index in [1.807, 2.05) is 0 Å². The molecule has 0 aliphatic carbocycles. The van der Waals surface area contributed by atoms with E-state index in [1.165, 1.54) is 34.6 Å². The molecular weight excluding hydrogens is 453 g/mol. The summed E-state index contributed by atoms with van der Waals surface area (Å²) in [6.45, 7) is 0.673. The number of hydrogen-bond acceptors (Lipinski definition) is 3. The molecule has 1 aliphatic rings. The normalized spacial score (nSPS) is 16.0. The second-order valence-corrected chi connectivity index (χ2v) is 9.69. The van der Waals surface area contributed by atoms with Gasteiger partial charge in [-0.2, -0.15) is 17.5 Å². The third kappa shape index (κ3) is 5.78. The molecule has 10 heteroatoms. The first kappa shape index (κ1) is 23.6. The molecule has 1 N–H and O–H groups in total. The average molecular weight is 475 g/mol. The van der Waals surface area contributed by atoms with Crippen LogP contribution in [-0.2, 0) is 22.7 Å². The first-order chi connectivity index (χ1) is 14.6. The van der Waals surface area contributed by atoms with Gasteiger partial charge in [0, 0.05) is 19.6 Å². The predicted octanol–water partition coefficient (Wildman–Crippen LogP) is 4.85. The summed E-state index contributed by atoms with van der Waals surface area (Å²) in [6.07, 6.45) is -1.00. The molecule has 1 heterocycles. The van der Waals surface area contributed by atoms with Crippen molar-refractivity contribution in [3.05, 3.63) is 64.2 Å². The Morgan fingerprint density at radius 3 is 2.35 bits per heavy atom. The van der Waals surface area contributed by atoms with E-state index < -0.39 is 27.7 Å². The highest BCUT2D eigenvalue weighted by molar-refractivity contribution is 7.89. The molecule has 3 rings (SSSR count). The molecule has 0 aromatic heterocycles. The van der Waals surface area contributed by atoms with Crippen LogP contribution >= 0.6 is 11.6 Å². The Hall–Kier alpha value is -2.10. The van der Waals surface area contributed by atoms with Crippen LogP contribution in [0.25, 0.3) is 0 Å². The number of benzene rings is 2. The number of sulfonamides is 1. The summed E-state index contributed by atoms with van der Waals surface area (Å²) in [5, 5.41) is 2.56. The lowest BCUT2D eigenvalue weighted by atomic mass is 10.1. The van der Waals surface area contributed by atoms with Crippen LogP contribution in [0.15, 0.2) is 47.4 Å². The van der Waals surface area contributed by atoms with Gasteiger partial charge in [0.25, 0.3) is 5.91 Å². The van der Waals surface area contributed by atoms with Crippen LogP contribution in [0.2, 0.25) is 5.02 Å². The minimum atomic E-state index is -4.49. The summed E-state index contributed by atoms with van der Waals surface area (Å²) < 4.78 is 65.9. The highest BCUT2D eigenvalue weighted by Gasteiger charge is 2.30. The van der Waals surface area contributed by atoms with E-state index in [9.17, 15) is 26.4 Å². The van der Waals surface area contributed by atoms with Gasteiger partial charge in [0.1, 0.15) is 0 Å². The molecule has 1 aliphatic heterocycles. The van der Waals surface area contributed by atoms with Crippen LogP contribution in [-0.4, -0.2) is 31.7 Å². The Morgan fingerprint density at radius 2 is 1.71 bits per heavy atom. The number of alkyl halides is 3. The third-order valence-electron chi connectivity index (χ3n) is 5.09. The fourth-order valence-corrected chi connectivity index (χ4v) is 5.15. The molecule has 5 nitrogen and oxygen atoms in total. The Kier molecular flexibility index (Phi) is 7.28. The Balaban J connectivity index is 1.78. The Morgan fingerprint density at radius 1 is 1.03 bits per heavy atom. The van der Waals surface area contributed by atoms with E-state index in [0.29, 0.717) is 13.1 Å². The van der Waals surface area contributed by atoms with Gasteiger partial charge in [-0.15, -0.1) is 0 Å². The molecule has 0 bridgehead atoms. The van der Waals surface area contributed by atoms with Crippen molar-refractivity contribution >= 4 is 27.5 Å². The molecule has 0 saturated carbocycles. The minimum absolute atomic E-state index is 0.0389. The molecule has 1 saturated heterocycles. The maximum Gasteiger partial charge on any atom is 0.416 e. The van der Waals surface area contributed by atoms with Gasteiger partial charge in [-0.05, 0) is 48.7 Å². The highest BCUT2D eigenvalue weighted by atomic mass is 35.5. The van der Waals surface area contributed by atoms with Crippen LogP contribution in [0.4, 0.5) is 13.2 Å². The summed E-state index contributed by atoms with van der Waals surface area (Å²) in [4.78, 5) is 12.6. The highest BCUT2D eigenvalue weighted by Crippen LogP contribution is 2.29. The second kappa shape index (κ2) is 9.58. The van der Waals surface area contributed by atoms with E-state index in [1.54, 1.807) is 0 Å². The van der Waals surface area contributed by atoms with Crippen molar-refractivity contribution in [3.63, 3.8) is 0 Å². The standard InChI is InChI=1S/C21H22ClF3N2O3S/c22-19-9-8-17(31(29,30)27-10-3-1-2-4-11-27)13-18(19)20(28)26-14-15-6-5-7-16(12-15)21(23,24)25/h5-9,12-13H,1-4,10-11,14H2,(H,26,28). The van der Waals surface area contributed by atoms with Crippen molar-refractivity contribution in [2.75, 3.05) is 13.1 Å². The summed E-state index contributed by atoms with van der Waals surface area (Å²) in [5.41, 5.74) is -0.611. The fourth-order valence-electron chi connectivity index (χ4n) is 3.41. The number of amides is 1. The van der Waals surface area contributed by atoms with Crippen molar-refractivity contribution in [1.29, 1.82) is 0 Å². The van der Waals surface area contributed by atoms with E-state index in [4.69, 9.17) is 11.6 Å². The Bertz CT molecular complexity index is 1050. The maximum atomic E-state index is 13.0. The molecular formula is C21H22ClF3N2O3S. The predicted molar refractivity (Wildman–Crippen MR) is 111 cm³/mol. The van der Waals surface area contributed by atoms with Gasteiger partial charge in [-0.3, -0.25) is 4.79 Å². The quantitative estimate of drug-likeness (QED) is 0.673. The van der Waals surface area contributed by atoms with Gasteiger partial charge in [0.15, 0.2) is 0 Å². The molecule has 31 heavy (non-hydrogen) atoms. The number of carbonyl (C=O) groups excluding carboxylic acids is 1. The molecule has 0 atom stereocenters. The summed E-state index contributed by atoms with van der Waals surface area (Å²) >= 11 is 6.10. The van der Waals surface area contributed by atoms with E-state index in [-0.39, 0.29) is 27.6 Å². The monoisotopic (exact) mass is 474 g/mol. The van der Waals surface area contributed by atoms with Crippen molar-refractivity contribution in [2.45, 2.75) is 43.3 Å². The zero-order valence-electron chi connectivity index (χ0n) is 16.6. The van der Waals surface area contributed by atoms with Crippen LogP contribution < -0.4 is 5.32 Å². The third-order valence-corrected chi connectivity index (χ3v) is 7.32. The zero-order valence-corrected chi connectivity index (χ0v) is 18.2. The fraction of sp³-hybridized carbons (Fsp3) is 0.381. The Labute approximate surface area is 184 Å². The van der Waals surface area contributed by atoms with Crippen LogP contribution in [0.3, 0.4) is 0 Å².